The highest BCUT2D eigenvalue weighted by molar-refractivity contribution is 5.79. The number of methoxy groups -OCH3 is 1. The van der Waals surface area contributed by atoms with E-state index in [1.165, 1.54) is 64.9 Å². The van der Waals surface area contributed by atoms with Gasteiger partial charge < -0.3 is 9.84 Å². The van der Waals surface area contributed by atoms with Gasteiger partial charge in [-0.1, -0.05) is 27.2 Å². The monoisotopic (exact) mass is 477 g/mol. The van der Waals surface area contributed by atoms with E-state index in [1.807, 2.05) is 6.92 Å². The van der Waals surface area contributed by atoms with Gasteiger partial charge in [0.05, 0.1) is 20.3 Å². The summed E-state index contributed by atoms with van der Waals surface area (Å²) < 4.78 is 4.41. The Hall–Kier alpha value is -0.940. The Balaban J connectivity index is 0.000000252. The molecule has 0 aliphatic heterocycles. The molecule has 0 saturated heterocycles. The Morgan fingerprint density at radius 3 is 2.26 bits per heavy atom. The number of nitrogens with one attached hydrogen (secondary N) is 1. The lowest BCUT2D eigenvalue weighted by Gasteiger charge is -2.61. The predicted molar refractivity (Wildman–Crippen MR) is 136 cm³/mol. The highest BCUT2D eigenvalue weighted by Gasteiger charge is 2.60. The normalized spacial score (nSPS) is 41.3. The maximum Gasteiger partial charge on any atom is 0.319 e. The highest BCUT2D eigenvalue weighted by Crippen LogP contribution is 2.67. The first-order valence-corrected chi connectivity index (χ1v) is 13.8. The first-order chi connectivity index (χ1) is 15.9. The average Bonchev–Trinajstić information content (AvgIpc) is 3.16. The van der Waals surface area contributed by atoms with Crippen LogP contribution in [-0.2, 0) is 14.3 Å². The van der Waals surface area contributed by atoms with Gasteiger partial charge in [-0.3, -0.25) is 14.9 Å². The van der Waals surface area contributed by atoms with Crippen LogP contribution in [0, 0.1) is 46.3 Å². The SMILES string of the molecule is CC(=O)C1CCC2C3CCC4CC(C)CCC4(C)C3CCC12C.COC(=O)CNC(C)(C)CO. The van der Waals surface area contributed by atoms with E-state index in [9.17, 15) is 9.59 Å². The van der Waals surface area contributed by atoms with Crippen LogP contribution in [0.25, 0.3) is 0 Å². The highest BCUT2D eigenvalue weighted by atomic mass is 16.5. The zero-order valence-corrected chi connectivity index (χ0v) is 22.9. The summed E-state index contributed by atoms with van der Waals surface area (Å²) in [5.41, 5.74) is 0.525. The molecule has 196 valence electrons. The van der Waals surface area contributed by atoms with Crippen LogP contribution in [-0.4, -0.2) is 42.7 Å². The number of carbonyl (C=O) groups excluding carboxylic acids is 2. The van der Waals surface area contributed by atoms with Gasteiger partial charge in [0, 0.05) is 11.5 Å². The second-order valence-electron chi connectivity index (χ2n) is 13.3. The van der Waals surface area contributed by atoms with Crippen molar-refractivity contribution in [2.24, 2.45) is 46.3 Å². The van der Waals surface area contributed by atoms with Crippen LogP contribution in [0.1, 0.15) is 99.3 Å². The maximum absolute atomic E-state index is 12.2. The smallest absolute Gasteiger partial charge is 0.319 e. The third-order valence-corrected chi connectivity index (χ3v) is 10.8. The number of carbonyl (C=O) groups is 2. The number of ketones is 1. The van der Waals surface area contributed by atoms with Gasteiger partial charge in [0.2, 0.25) is 0 Å². The molecule has 0 aromatic carbocycles. The third-order valence-electron chi connectivity index (χ3n) is 10.8. The van der Waals surface area contributed by atoms with Crippen LogP contribution in [0.3, 0.4) is 0 Å². The van der Waals surface area contributed by atoms with Crippen molar-refractivity contribution in [2.75, 3.05) is 20.3 Å². The summed E-state index contributed by atoms with van der Waals surface area (Å²) in [4.78, 5) is 22.8. The van der Waals surface area contributed by atoms with E-state index in [0.29, 0.717) is 22.5 Å². The Morgan fingerprint density at radius 1 is 1.00 bits per heavy atom. The van der Waals surface area contributed by atoms with E-state index in [4.69, 9.17) is 5.11 Å². The number of rotatable bonds is 5. The van der Waals surface area contributed by atoms with Gasteiger partial charge in [0.25, 0.3) is 0 Å². The minimum Gasteiger partial charge on any atom is -0.468 e. The lowest BCUT2D eigenvalue weighted by molar-refractivity contribution is -0.140. The molecule has 4 saturated carbocycles. The second-order valence-corrected chi connectivity index (χ2v) is 13.3. The summed E-state index contributed by atoms with van der Waals surface area (Å²) in [5, 5.41) is 11.6. The van der Waals surface area contributed by atoms with Crippen molar-refractivity contribution in [1.29, 1.82) is 0 Å². The van der Waals surface area contributed by atoms with Crippen LogP contribution >= 0.6 is 0 Å². The number of hydrogen-bond acceptors (Lipinski definition) is 5. The van der Waals surface area contributed by atoms with Gasteiger partial charge in [-0.25, -0.2) is 0 Å². The fourth-order valence-electron chi connectivity index (χ4n) is 8.58. The van der Waals surface area contributed by atoms with E-state index >= 15 is 0 Å². The average molecular weight is 478 g/mol. The third kappa shape index (κ3) is 5.40. The summed E-state index contributed by atoms with van der Waals surface area (Å²) in [5.74, 6) is 5.17. The van der Waals surface area contributed by atoms with Crippen molar-refractivity contribution >= 4 is 11.8 Å². The second kappa shape index (κ2) is 10.6. The summed E-state index contributed by atoms with van der Waals surface area (Å²) in [6, 6.07) is 0. The molecule has 5 nitrogen and oxygen atoms in total. The lowest BCUT2D eigenvalue weighted by atomic mass is 9.44. The van der Waals surface area contributed by atoms with E-state index < -0.39 is 5.54 Å². The molecule has 4 rings (SSSR count). The van der Waals surface area contributed by atoms with Crippen LogP contribution in [0.5, 0.6) is 0 Å². The summed E-state index contributed by atoms with van der Waals surface area (Å²) in [6.45, 7) is 13.2. The minimum atomic E-state index is -0.422. The molecule has 4 aliphatic rings. The van der Waals surface area contributed by atoms with Gasteiger partial charge in [0.1, 0.15) is 5.78 Å². The van der Waals surface area contributed by atoms with Gasteiger partial charge in [-0.2, -0.15) is 0 Å². The zero-order valence-electron chi connectivity index (χ0n) is 22.9. The predicted octanol–water partition coefficient (Wildman–Crippen LogP) is 5.39. The summed E-state index contributed by atoms with van der Waals surface area (Å²) in [7, 11) is 1.33. The van der Waals surface area contributed by atoms with Crippen molar-refractivity contribution in [2.45, 2.75) is 105 Å². The fraction of sp³-hybridized carbons (Fsp3) is 0.931. The molecule has 8 atom stereocenters. The van der Waals surface area contributed by atoms with E-state index in [-0.39, 0.29) is 19.1 Å². The first-order valence-electron chi connectivity index (χ1n) is 13.8. The van der Waals surface area contributed by atoms with E-state index in [1.54, 1.807) is 13.8 Å². The van der Waals surface area contributed by atoms with Crippen molar-refractivity contribution < 1.29 is 19.4 Å². The Bertz CT molecular complexity index is 736. The molecule has 2 N–H and O–H groups in total. The molecule has 34 heavy (non-hydrogen) atoms. The summed E-state index contributed by atoms with van der Waals surface area (Å²) >= 11 is 0. The van der Waals surface area contributed by atoms with Gasteiger partial charge in [-0.05, 0) is 113 Å². The van der Waals surface area contributed by atoms with Gasteiger partial charge in [-0.15, -0.1) is 0 Å². The number of hydrogen-bond donors (Lipinski definition) is 2. The quantitative estimate of drug-likeness (QED) is 0.519. The number of esters is 1. The van der Waals surface area contributed by atoms with Crippen LogP contribution in [0.4, 0.5) is 0 Å². The Kier molecular flexibility index (Phi) is 8.60. The minimum absolute atomic E-state index is 0.00993. The number of Topliss-reactive ketones (excluding diaryl/α,β-unsaturated/α-hetero) is 1. The van der Waals surface area contributed by atoms with Crippen molar-refractivity contribution in [1.82, 2.24) is 5.32 Å². The molecule has 4 aliphatic carbocycles. The van der Waals surface area contributed by atoms with Crippen LogP contribution in [0.15, 0.2) is 0 Å². The van der Waals surface area contributed by atoms with E-state index in [2.05, 4.69) is 30.8 Å². The maximum atomic E-state index is 12.2. The molecular formula is C29H51NO4. The Morgan fingerprint density at radius 2 is 1.65 bits per heavy atom. The molecular weight excluding hydrogens is 426 g/mol. The fourth-order valence-corrected chi connectivity index (χ4v) is 8.58. The van der Waals surface area contributed by atoms with Crippen LogP contribution < -0.4 is 5.32 Å². The molecule has 4 fully saturated rings. The van der Waals surface area contributed by atoms with Gasteiger partial charge >= 0.3 is 5.97 Å². The zero-order chi connectivity index (χ0) is 25.3. The molecule has 0 aromatic heterocycles. The van der Waals surface area contributed by atoms with Crippen LogP contribution in [0.2, 0.25) is 0 Å². The number of aliphatic hydroxyl groups is 1. The summed E-state index contributed by atoms with van der Waals surface area (Å²) in [6.07, 6.45) is 12.6. The molecule has 0 radical (unpaired) electrons. The molecule has 0 amide bonds. The van der Waals surface area contributed by atoms with Crippen molar-refractivity contribution in [3.63, 3.8) is 0 Å². The number of ether oxygens (including phenoxy) is 1. The first kappa shape index (κ1) is 27.6. The van der Waals surface area contributed by atoms with Gasteiger partial charge in [0.15, 0.2) is 0 Å². The van der Waals surface area contributed by atoms with E-state index in [0.717, 1.165) is 29.6 Å². The van der Waals surface area contributed by atoms with Crippen molar-refractivity contribution in [3.8, 4) is 0 Å². The molecule has 0 spiro atoms. The van der Waals surface area contributed by atoms with Crippen molar-refractivity contribution in [3.05, 3.63) is 0 Å². The molecule has 0 bridgehead atoms. The topological polar surface area (TPSA) is 75.6 Å². The number of fused-ring (bicyclic) bond motifs is 5. The molecule has 5 heteroatoms. The lowest BCUT2D eigenvalue weighted by Crippen LogP contribution is -2.53. The largest absolute Gasteiger partial charge is 0.468 e. The molecule has 8 unspecified atom stereocenters. The number of aliphatic hydroxyl groups excluding tert-OH is 1. The Labute approximate surface area is 208 Å². The molecule has 0 heterocycles. The molecule has 0 aromatic rings. The standard InChI is InChI=1S/C22H36O.C7H15NO3/c1-14-9-11-21(3)16(13-14)5-6-17-19-8-7-18(15(2)23)22(19,4)12-10-20(17)21;1-7(2,5-9)8-4-6(10)11-3/h14,16-20H,5-13H2,1-4H3;8-9H,4-5H2,1-3H3.